The van der Waals surface area contributed by atoms with Crippen LogP contribution in [-0.2, 0) is 28.6 Å². The van der Waals surface area contributed by atoms with Crippen molar-refractivity contribution in [3.05, 3.63) is 23.8 Å². The van der Waals surface area contributed by atoms with Gasteiger partial charge in [0, 0.05) is 19.3 Å². The zero-order valence-electron chi connectivity index (χ0n) is 22.4. The Hall–Kier alpha value is -2.15. The second-order valence-electron chi connectivity index (χ2n) is 10.9. The van der Waals surface area contributed by atoms with E-state index in [0.29, 0.717) is 18.8 Å². The molecule has 0 aliphatic heterocycles. The van der Waals surface area contributed by atoms with E-state index in [0.717, 1.165) is 12.8 Å². The number of carbonyl (C=O) groups is 3. The lowest BCUT2D eigenvalue weighted by Crippen LogP contribution is -2.43. The van der Waals surface area contributed by atoms with Gasteiger partial charge >= 0.3 is 17.9 Å². The van der Waals surface area contributed by atoms with Crippen molar-refractivity contribution in [3.63, 3.8) is 0 Å². The molecule has 2 rings (SSSR count). The molecule has 2 aliphatic carbocycles. The Labute approximate surface area is 210 Å². The van der Waals surface area contributed by atoms with Crippen molar-refractivity contribution in [1.29, 1.82) is 0 Å². The molecule has 0 fully saturated rings. The Bertz CT molecular complexity index is 812. The fourth-order valence-electron chi connectivity index (χ4n) is 5.15. The van der Waals surface area contributed by atoms with E-state index in [9.17, 15) is 19.5 Å². The number of esters is 3. The standard InChI is InChI=1S/C28H44O7/c1-8-28(5,6)27(32)35-24-14-17(2)13-20-10-9-18(3)23(26(20)24)12-11-21(30)15-22(34-19(4)29)16-25(31)33-7/h9-10,13,17-18,21-24,26,30H,8,11-12,14-16H2,1-7H3/t17-,18-,21+,22+,23-,24-,26-/m0/s1. The van der Waals surface area contributed by atoms with Crippen molar-refractivity contribution in [3.8, 4) is 0 Å². The summed E-state index contributed by atoms with van der Waals surface area (Å²) in [5.74, 6) is -0.291. The molecule has 1 N–H and O–H groups in total. The van der Waals surface area contributed by atoms with Gasteiger partial charge in [0.15, 0.2) is 0 Å². The fraction of sp³-hybridized carbons (Fsp3) is 0.750. The number of hydrogen-bond donors (Lipinski definition) is 1. The van der Waals surface area contributed by atoms with Crippen molar-refractivity contribution in [2.75, 3.05) is 7.11 Å². The lowest BCUT2D eigenvalue weighted by Gasteiger charge is -2.44. The first-order chi connectivity index (χ1) is 16.4. The molecule has 7 atom stereocenters. The number of hydrogen-bond acceptors (Lipinski definition) is 7. The van der Waals surface area contributed by atoms with Gasteiger partial charge in [-0.25, -0.2) is 0 Å². The average molecular weight is 493 g/mol. The summed E-state index contributed by atoms with van der Waals surface area (Å²) in [5.41, 5.74) is 0.675. The highest BCUT2D eigenvalue weighted by Gasteiger charge is 2.43. The third-order valence-electron chi connectivity index (χ3n) is 7.61. The van der Waals surface area contributed by atoms with E-state index in [4.69, 9.17) is 9.47 Å². The van der Waals surface area contributed by atoms with Crippen LogP contribution in [0.25, 0.3) is 0 Å². The Morgan fingerprint density at radius 2 is 1.91 bits per heavy atom. The van der Waals surface area contributed by atoms with Gasteiger partial charge in [-0.1, -0.05) is 39.0 Å². The molecule has 0 amide bonds. The first-order valence-corrected chi connectivity index (χ1v) is 12.9. The number of aliphatic hydroxyl groups is 1. The van der Waals surface area contributed by atoms with E-state index in [1.165, 1.54) is 19.6 Å². The first kappa shape index (κ1) is 29.1. The number of allylic oxidation sites excluding steroid dienone is 3. The molecule has 0 aromatic rings. The van der Waals surface area contributed by atoms with E-state index in [1.807, 2.05) is 20.8 Å². The molecule has 0 saturated heterocycles. The van der Waals surface area contributed by atoms with Gasteiger partial charge in [-0.05, 0) is 62.9 Å². The van der Waals surface area contributed by atoms with E-state index < -0.39 is 29.6 Å². The van der Waals surface area contributed by atoms with Crippen LogP contribution in [-0.4, -0.2) is 48.4 Å². The average Bonchev–Trinajstić information content (AvgIpc) is 2.77. The molecule has 7 heteroatoms. The molecule has 0 unspecified atom stereocenters. The highest BCUT2D eigenvalue weighted by molar-refractivity contribution is 5.76. The topological polar surface area (TPSA) is 99.1 Å². The smallest absolute Gasteiger partial charge is 0.311 e. The molecule has 0 spiro atoms. The summed E-state index contributed by atoms with van der Waals surface area (Å²) in [5, 5.41) is 10.8. The molecule has 0 aromatic heterocycles. The highest BCUT2D eigenvalue weighted by Crippen LogP contribution is 2.45. The molecule has 0 bridgehead atoms. The maximum absolute atomic E-state index is 12.9. The van der Waals surface area contributed by atoms with E-state index in [2.05, 4.69) is 36.8 Å². The highest BCUT2D eigenvalue weighted by atomic mass is 16.6. The maximum atomic E-state index is 12.9. The normalized spacial score (nSPS) is 27.8. The Kier molecular flexibility index (Phi) is 10.6. The molecule has 0 radical (unpaired) electrons. The van der Waals surface area contributed by atoms with E-state index in [-0.39, 0.29) is 42.7 Å². The van der Waals surface area contributed by atoms with Gasteiger partial charge in [0.2, 0.25) is 0 Å². The Balaban J connectivity index is 2.13. The van der Waals surface area contributed by atoms with Gasteiger partial charge < -0.3 is 19.3 Å². The predicted octanol–water partition coefficient (Wildman–Crippen LogP) is 4.76. The molecule has 0 saturated carbocycles. The van der Waals surface area contributed by atoms with Crippen molar-refractivity contribution in [2.24, 2.45) is 29.1 Å². The zero-order valence-corrected chi connectivity index (χ0v) is 22.4. The minimum absolute atomic E-state index is 0.0781. The number of carbonyl (C=O) groups excluding carboxylic acids is 3. The first-order valence-electron chi connectivity index (χ1n) is 12.9. The molecule has 35 heavy (non-hydrogen) atoms. The second-order valence-corrected chi connectivity index (χ2v) is 10.9. The van der Waals surface area contributed by atoms with Gasteiger partial charge in [0.25, 0.3) is 0 Å². The van der Waals surface area contributed by atoms with Crippen LogP contribution in [0.2, 0.25) is 0 Å². The van der Waals surface area contributed by atoms with Gasteiger partial charge in [-0.15, -0.1) is 0 Å². The van der Waals surface area contributed by atoms with Crippen molar-refractivity contribution in [1.82, 2.24) is 0 Å². The summed E-state index contributed by atoms with van der Waals surface area (Å²) in [6.07, 6.45) is 7.75. The number of ether oxygens (including phenoxy) is 3. The number of aliphatic hydroxyl groups excluding tert-OH is 1. The zero-order chi connectivity index (χ0) is 26.3. The number of methoxy groups -OCH3 is 1. The molecule has 2 aliphatic rings. The second kappa shape index (κ2) is 12.7. The molecular weight excluding hydrogens is 448 g/mol. The van der Waals surface area contributed by atoms with Crippen LogP contribution in [0.5, 0.6) is 0 Å². The molecular formula is C28H44O7. The maximum Gasteiger partial charge on any atom is 0.311 e. The Morgan fingerprint density at radius 1 is 1.23 bits per heavy atom. The quantitative estimate of drug-likeness (QED) is 0.328. The van der Waals surface area contributed by atoms with Crippen LogP contribution >= 0.6 is 0 Å². The number of rotatable bonds is 11. The third kappa shape index (κ3) is 8.19. The minimum Gasteiger partial charge on any atom is -0.469 e. The summed E-state index contributed by atoms with van der Waals surface area (Å²) in [4.78, 5) is 36.1. The third-order valence-corrected chi connectivity index (χ3v) is 7.61. The monoisotopic (exact) mass is 492 g/mol. The van der Waals surface area contributed by atoms with Crippen LogP contribution in [0.1, 0.15) is 80.1 Å². The summed E-state index contributed by atoms with van der Waals surface area (Å²) < 4.78 is 16.1. The largest absolute Gasteiger partial charge is 0.469 e. The van der Waals surface area contributed by atoms with Crippen molar-refractivity contribution < 1.29 is 33.7 Å². The van der Waals surface area contributed by atoms with E-state index >= 15 is 0 Å². The molecule has 198 valence electrons. The van der Waals surface area contributed by atoms with Crippen LogP contribution < -0.4 is 0 Å². The summed E-state index contributed by atoms with van der Waals surface area (Å²) in [6, 6.07) is 0. The van der Waals surface area contributed by atoms with Gasteiger partial charge in [-0.3, -0.25) is 14.4 Å². The number of fused-ring (bicyclic) bond motifs is 1. The van der Waals surface area contributed by atoms with Crippen LogP contribution in [0.3, 0.4) is 0 Å². The molecule has 0 heterocycles. The Morgan fingerprint density at radius 3 is 2.51 bits per heavy atom. The van der Waals surface area contributed by atoms with Crippen LogP contribution in [0.4, 0.5) is 0 Å². The van der Waals surface area contributed by atoms with Crippen molar-refractivity contribution in [2.45, 2.75) is 98.4 Å². The molecule has 7 nitrogen and oxygen atoms in total. The van der Waals surface area contributed by atoms with Gasteiger partial charge in [0.1, 0.15) is 12.2 Å². The van der Waals surface area contributed by atoms with Gasteiger partial charge in [-0.2, -0.15) is 0 Å². The van der Waals surface area contributed by atoms with Crippen LogP contribution in [0.15, 0.2) is 23.8 Å². The van der Waals surface area contributed by atoms with Gasteiger partial charge in [0.05, 0.1) is 25.0 Å². The van der Waals surface area contributed by atoms with E-state index in [1.54, 1.807) is 0 Å². The van der Waals surface area contributed by atoms with Crippen molar-refractivity contribution >= 4 is 17.9 Å². The predicted molar refractivity (Wildman–Crippen MR) is 133 cm³/mol. The summed E-state index contributed by atoms with van der Waals surface area (Å²) >= 11 is 0. The fourth-order valence-corrected chi connectivity index (χ4v) is 5.15. The van der Waals surface area contributed by atoms with Crippen LogP contribution in [0, 0.1) is 29.1 Å². The SMILES string of the molecule is CCC(C)(C)C(=O)O[C@H]1C[C@@H](C)C=C2C=C[C@H](C)[C@H](CC[C@@H](O)C[C@H](CC(=O)OC)OC(C)=O)[C@H]21. The lowest BCUT2D eigenvalue weighted by atomic mass is 9.65. The lowest BCUT2D eigenvalue weighted by molar-refractivity contribution is -0.165. The summed E-state index contributed by atoms with van der Waals surface area (Å²) in [6.45, 7) is 11.4. The molecule has 0 aromatic carbocycles. The summed E-state index contributed by atoms with van der Waals surface area (Å²) in [7, 11) is 1.28. The minimum atomic E-state index is -0.739.